The number of hydrogen-bond donors (Lipinski definition) is 1. The Balaban J connectivity index is 1.25. The second-order valence-electron chi connectivity index (χ2n) is 7.01. The van der Waals surface area contributed by atoms with E-state index in [1.54, 1.807) is 6.26 Å². The van der Waals surface area contributed by atoms with Crippen LogP contribution in [0.25, 0.3) is 0 Å². The van der Waals surface area contributed by atoms with Crippen LogP contribution in [0.2, 0.25) is 0 Å². The summed E-state index contributed by atoms with van der Waals surface area (Å²) in [5, 5.41) is 3.08. The highest BCUT2D eigenvalue weighted by atomic mass is 16.3. The predicted molar refractivity (Wildman–Crippen MR) is 86.6 cm³/mol. The first-order valence-electron chi connectivity index (χ1n) is 8.77. The van der Waals surface area contributed by atoms with E-state index in [1.165, 1.54) is 38.9 Å². The molecule has 1 saturated carbocycles. The molecule has 1 aliphatic carbocycles. The van der Waals surface area contributed by atoms with E-state index in [4.69, 9.17) is 4.42 Å². The quantitative estimate of drug-likeness (QED) is 0.788. The first-order valence-corrected chi connectivity index (χ1v) is 8.77. The van der Waals surface area contributed by atoms with E-state index < -0.39 is 0 Å². The van der Waals surface area contributed by atoms with Crippen molar-refractivity contribution in [2.24, 2.45) is 11.8 Å². The number of unbranched alkanes of at least 4 members (excludes halogenated alkanes) is 1. The van der Waals surface area contributed by atoms with Crippen LogP contribution >= 0.6 is 0 Å². The molecule has 1 saturated heterocycles. The summed E-state index contributed by atoms with van der Waals surface area (Å²) in [4.78, 5) is 14.6. The van der Waals surface area contributed by atoms with Crippen LogP contribution < -0.4 is 5.32 Å². The van der Waals surface area contributed by atoms with Gasteiger partial charge in [-0.3, -0.25) is 4.79 Å². The molecule has 1 aliphatic heterocycles. The van der Waals surface area contributed by atoms with Gasteiger partial charge in [0, 0.05) is 24.9 Å². The molecule has 3 unspecified atom stereocenters. The second-order valence-corrected chi connectivity index (χ2v) is 7.01. The van der Waals surface area contributed by atoms with Crippen LogP contribution in [-0.2, 0) is 4.79 Å². The van der Waals surface area contributed by atoms with Crippen LogP contribution in [0.5, 0.6) is 0 Å². The maximum absolute atomic E-state index is 12.1. The molecule has 4 heteroatoms. The molecular weight excluding hydrogens is 276 g/mol. The molecule has 2 aliphatic rings. The van der Waals surface area contributed by atoms with Crippen molar-refractivity contribution in [2.45, 2.75) is 44.9 Å². The van der Waals surface area contributed by atoms with Crippen molar-refractivity contribution in [3.05, 3.63) is 24.2 Å². The Morgan fingerprint density at radius 1 is 1.45 bits per heavy atom. The summed E-state index contributed by atoms with van der Waals surface area (Å²) in [5.41, 5.74) is 0. The van der Waals surface area contributed by atoms with E-state index >= 15 is 0 Å². The van der Waals surface area contributed by atoms with Gasteiger partial charge in [0.1, 0.15) is 5.76 Å². The lowest BCUT2D eigenvalue weighted by Gasteiger charge is -2.30. The predicted octanol–water partition coefficient (Wildman–Crippen LogP) is 3.01. The molecule has 122 valence electrons. The van der Waals surface area contributed by atoms with Crippen LogP contribution in [0.1, 0.15) is 50.7 Å². The summed E-state index contributed by atoms with van der Waals surface area (Å²) >= 11 is 0. The molecular formula is C18H28N2O2. The summed E-state index contributed by atoms with van der Waals surface area (Å²) in [7, 11) is 0. The molecule has 22 heavy (non-hydrogen) atoms. The summed E-state index contributed by atoms with van der Waals surface area (Å²) in [6.45, 7) is 6.84. The van der Waals surface area contributed by atoms with E-state index in [1.807, 2.05) is 12.1 Å². The number of piperidine rings is 1. The van der Waals surface area contributed by atoms with E-state index in [0.29, 0.717) is 5.92 Å². The molecule has 3 atom stereocenters. The minimum Gasteiger partial charge on any atom is -0.469 e. The fourth-order valence-electron chi connectivity index (χ4n) is 3.59. The normalized spacial score (nSPS) is 28.5. The highest BCUT2D eigenvalue weighted by molar-refractivity contribution is 5.82. The van der Waals surface area contributed by atoms with Crippen molar-refractivity contribution in [1.29, 1.82) is 0 Å². The van der Waals surface area contributed by atoms with Crippen LogP contribution in [0.4, 0.5) is 0 Å². The number of hydrogen-bond acceptors (Lipinski definition) is 3. The highest BCUT2D eigenvalue weighted by Crippen LogP contribution is 2.47. The number of nitrogens with one attached hydrogen (secondary N) is 1. The Kier molecular flexibility index (Phi) is 5.19. The summed E-state index contributed by atoms with van der Waals surface area (Å²) < 4.78 is 5.37. The van der Waals surface area contributed by atoms with Crippen LogP contribution in [-0.4, -0.2) is 37.0 Å². The standard InChI is InChI=1S/C18H28N2O2/c1-14-6-4-10-20(13-14)9-3-2-8-19-18(21)16-12-15(16)17-7-5-11-22-17/h5,7,11,14-16H,2-4,6,8-10,12-13H2,1H3,(H,19,21). The van der Waals surface area contributed by atoms with Crippen molar-refractivity contribution in [2.75, 3.05) is 26.2 Å². The molecule has 0 bridgehead atoms. The molecule has 0 radical (unpaired) electrons. The monoisotopic (exact) mass is 304 g/mol. The molecule has 0 spiro atoms. The maximum Gasteiger partial charge on any atom is 0.223 e. The van der Waals surface area contributed by atoms with Crippen LogP contribution in [0.3, 0.4) is 0 Å². The lowest BCUT2D eigenvalue weighted by Crippen LogP contribution is -2.35. The van der Waals surface area contributed by atoms with E-state index in [-0.39, 0.29) is 11.8 Å². The molecule has 1 aromatic heterocycles. The van der Waals surface area contributed by atoms with Crippen molar-refractivity contribution in [1.82, 2.24) is 10.2 Å². The Morgan fingerprint density at radius 2 is 2.36 bits per heavy atom. The number of amides is 1. The van der Waals surface area contributed by atoms with Gasteiger partial charge < -0.3 is 14.6 Å². The van der Waals surface area contributed by atoms with Gasteiger partial charge in [-0.25, -0.2) is 0 Å². The molecule has 0 aromatic carbocycles. The van der Waals surface area contributed by atoms with Crippen molar-refractivity contribution < 1.29 is 9.21 Å². The first-order chi connectivity index (χ1) is 10.7. The third-order valence-corrected chi connectivity index (χ3v) is 4.98. The largest absolute Gasteiger partial charge is 0.469 e. The van der Waals surface area contributed by atoms with Crippen molar-refractivity contribution >= 4 is 5.91 Å². The maximum atomic E-state index is 12.1. The number of rotatable bonds is 7. The fourth-order valence-corrected chi connectivity index (χ4v) is 3.59. The molecule has 4 nitrogen and oxygen atoms in total. The highest BCUT2D eigenvalue weighted by Gasteiger charge is 2.45. The van der Waals surface area contributed by atoms with Crippen LogP contribution in [0.15, 0.2) is 22.8 Å². The third-order valence-electron chi connectivity index (χ3n) is 4.98. The van der Waals surface area contributed by atoms with Gasteiger partial charge in [-0.15, -0.1) is 0 Å². The second kappa shape index (κ2) is 7.32. The summed E-state index contributed by atoms with van der Waals surface area (Å²) in [6, 6.07) is 3.86. The summed E-state index contributed by atoms with van der Waals surface area (Å²) in [5.74, 6) is 2.45. The van der Waals surface area contributed by atoms with Crippen LogP contribution in [0, 0.1) is 11.8 Å². The van der Waals surface area contributed by atoms with Gasteiger partial charge in [-0.1, -0.05) is 6.92 Å². The Labute approximate surface area is 133 Å². The number of nitrogens with zero attached hydrogens (tertiary/aromatic N) is 1. The van der Waals surface area contributed by atoms with Gasteiger partial charge in [0.2, 0.25) is 5.91 Å². The number of likely N-dealkylation sites (tertiary alicyclic amines) is 1. The zero-order valence-electron chi connectivity index (χ0n) is 13.6. The van der Waals surface area contributed by atoms with Gasteiger partial charge in [0.25, 0.3) is 0 Å². The summed E-state index contributed by atoms with van der Waals surface area (Å²) in [6.07, 6.45) is 7.60. The number of carbonyl (C=O) groups excluding carboxylic acids is 1. The lowest BCUT2D eigenvalue weighted by atomic mass is 10.0. The van der Waals surface area contributed by atoms with E-state index in [0.717, 1.165) is 31.1 Å². The molecule has 3 rings (SSSR count). The molecule has 1 aromatic rings. The van der Waals surface area contributed by atoms with Gasteiger partial charge in [-0.2, -0.15) is 0 Å². The number of carbonyl (C=O) groups is 1. The fraction of sp³-hybridized carbons (Fsp3) is 0.722. The Morgan fingerprint density at radius 3 is 3.14 bits per heavy atom. The van der Waals surface area contributed by atoms with Gasteiger partial charge in [0.05, 0.1) is 6.26 Å². The zero-order chi connectivity index (χ0) is 15.4. The Hall–Kier alpha value is -1.29. The average Bonchev–Trinajstić information content (AvgIpc) is 3.13. The van der Waals surface area contributed by atoms with Gasteiger partial charge >= 0.3 is 0 Å². The minimum absolute atomic E-state index is 0.133. The smallest absolute Gasteiger partial charge is 0.223 e. The molecule has 1 amide bonds. The van der Waals surface area contributed by atoms with E-state index in [9.17, 15) is 4.79 Å². The molecule has 2 heterocycles. The van der Waals surface area contributed by atoms with Gasteiger partial charge in [-0.05, 0) is 63.2 Å². The average molecular weight is 304 g/mol. The van der Waals surface area contributed by atoms with Crippen molar-refractivity contribution in [3.63, 3.8) is 0 Å². The molecule has 1 N–H and O–H groups in total. The minimum atomic E-state index is 0.133. The zero-order valence-corrected chi connectivity index (χ0v) is 13.6. The van der Waals surface area contributed by atoms with Gasteiger partial charge in [0.15, 0.2) is 0 Å². The van der Waals surface area contributed by atoms with E-state index in [2.05, 4.69) is 17.1 Å². The lowest BCUT2D eigenvalue weighted by molar-refractivity contribution is -0.122. The number of furan rings is 1. The SMILES string of the molecule is CC1CCCN(CCCCNC(=O)C2CC2c2ccco2)C1. The topological polar surface area (TPSA) is 45.5 Å². The molecule has 2 fully saturated rings. The first kappa shape index (κ1) is 15.6. The van der Waals surface area contributed by atoms with Crippen molar-refractivity contribution in [3.8, 4) is 0 Å². The third kappa shape index (κ3) is 4.13. The Bertz CT molecular complexity index is 471.